The van der Waals surface area contributed by atoms with Crippen molar-refractivity contribution in [2.24, 2.45) is 11.8 Å². The van der Waals surface area contributed by atoms with Gasteiger partial charge >= 0.3 is 0 Å². The summed E-state index contributed by atoms with van der Waals surface area (Å²) >= 11 is 1.45. The number of fused-ring (bicyclic) bond motifs is 1. The molecule has 0 aliphatic heterocycles. The maximum Gasteiger partial charge on any atom is 0.260 e. The van der Waals surface area contributed by atoms with Crippen LogP contribution in [0.3, 0.4) is 0 Å². The zero-order chi connectivity index (χ0) is 27.6. The van der Waals surface area contributed by atoms with Gasteiger partial charge in [0.15, 0.2) is 5.13 Å². The normalized spacial score (nSPS) is 12.2. The highest BCUT2D eigenvalue weighted by Crippen LogP contribution is 2.33. The van der Waals surface area contributed by atoms with E-state index in [1.807, 2.05) is 47.6 Å². The van der Waals surface area contributed by atoms with E-state index in [1.54, 1.807) is 29.4 Å². The molecular formula is C29H35N3O4S2. The number of hydrogen-bond acceptors (Lipinski definition) is 6. The van der Waals surface area contributed by atoms with E-state index in [9.17, 15) is 13.2 Å². The summed E-state index contributed by atoms with van der Waals surface area (Å²) in [6.07, 6.45) is 1.57. The van der Waals surface area contributed by atoms with Crippen LogP contribution in [-0.4, -0.2) is 36.7 Å². The van der Waals surface area contributed by atoms with Crippen molar-refractivity contribution >= 4 is 42.6 Å². The fourth-order valence-electron chi connectivity index (χ4n) is 4.42. The summed E-state index contributed by atoms with van der Waals surface area (Å²) in [5, 5.41) is 0.562. The third-order valence-corrected chi connectivity index (χ3v) is 8.94. The number of aryl methyl sites for hydroxylation is 2. The molecule has 2 heterocycles. The summed E-state index contributed by atoms with van der Waals surface area (Å²) in [6.45, 7) is 13.1. The zero-order valence-corrected chi connectivity index (χ0v) is 24.4. The zero-order valence-electron chi connectivity index (χ0n) is 22.8. The summed E-state index contributed by atoms with van der Waals surface area (Å²) in [6, 6.07) is 13.9. The lowest BCUT2D eigenvalue weighted by atomic mass is 10.1. The largest absolute Gasteiger partial charge is 0.467 e. The number of furan rings is 1. The van der Waals surface area contributed by atoms with Crippen LogP contribution in [0.5, 0.6) is 0 Å². The van der Waals surface area contributed by atoms with Crippen molar-refractivity contribution in [3.63, 3.8) is 0 Å². The molecule has 9 heteroatoms. The molecule has 4 rings (SSSR count). The number of sulfonamides is 1. The number of nitrogens with zero attached hydrogens (tertiary/aromatic N) is 3. The molecule has 0 N–H and O–H groups in total. The fraction of sp³-hybridized carbons (Fsp3) is 0.379. The molecule has 0 radical (unpaired) electrons. The lowest BCUT2D eigenvalue weighted by Crippen LogP contribution is -2.37. The minimum atomic E-state index is -3.69. The van der Waals surface area contributed by atoms with Crippen LogP contribution in [0.15, 0.2) is 64.1 Å². The fourth-order valence-corrected chi connectivity index (χ4v) is 7.33. The Bertz CT molecular complexity index is 1500. The molecule has 0 spiro atoms. The summed E-state index contributed by atoms with van der Waals surface area (Å²) in [5.74, 6) is 0.740. The van der Waals surface area contributed by atoms with Crippen LogP contribution in [0.25, 0.3) is 10.2 Å². The highest BCUT2D eigenvalue weighted by Gasteiger charge is 2.27. The number of aromatic nitrogens is 1. The number of thiazole rings is 1. The van der Waals surface area contributed by atoms with Crippen LogP contribution in [0.1, 0.15) is 54.9 Å². The smallest absolute Gasteiger partial charge is 0.260 e. The molecule has 4 aromatic rings. The molecule has 1 amide bonds. The second-order valence-corrected chi connectivity index (χ2v) is 13.5. The number of hydrogen-bond donors (Lipinski definition) is 0. The average molecular weight is 554 g/mol. The van der Waals surface area contributed by atoms with Gasteiger partial charge in [-0.25, -0.2) is 13.4 Å². The van der Waals surface area contributed by atoms with Gasteiger partial charge in [0.2, 0.25) is 10.0 Å². The Morgan fingerprint density at radius 1 is 1.00 bits per heavy atom. The summed E-state index contributed by atoms with van der Waals surface area (Å²) in [5.41, 5.74) is 3.43. The van der Waals surface area contributed by atoms with Gasteiger partial charge in [-0.1, -0.05) is 45.1 Å². The molecule has 0 saturated carbocycles. The number of amides is 1. The molecule has 202 valence electrons. The Labute approximate surface area is 229 Å². The van der Waals surface area contributed by atoms with Gasteiger partial charge in [-0.05, 0) is 79.3 Å². The SMILES string of the molecule is Cc1cc(C)c2nc(N(Cc3ccco3)C(=O)c3ccc(S(=O)(=O)N(CC(C)C)CC(C)C)cc3)sc2c1. The van der Waals surface area contributed by atoms with Gasteiger partial charge in [-0.15, -0.1) is 0 Å². The maximum absolute atomic E-state index is 13.8. The summed E-state index contributed by atoms with van der Waals surface area (Å²) in [7, 11) is -3.69. The Balaban J connectivity index is 1.68. The topological polar surface area (TPSA) is 83.7 Å². The van der Waals surface area contributed by atoms with Crippen LogP contribution >= 0.6 is 11.3 Å². The van der Waals surface area contributed by atoms with Gasteiger partial charge in [0.25, 0.3) is 5.91 Å². The molecule has 2 aromatic carbocycles. The minimum absolute atomic E-state index is 0.180. The number of benzene rings is 2. The number of carbonyl (C=O) groups is 1. The van der Waals surface area contributed by atoms with Crippen molar-refractivity contribution in [2.75, 3.05) is 18.0 Å². The summed E-state index contributed by atoms with van der Waals surface area (Å²) in [4.78, 5) is 20.3. The Hall–Kier alpha value is -3.01. The monoisotopic (exact) mass is 553 g/mol. The minimum Gasteiger partial charge on any atom is -0.467 e. The maximum atomic E-state index is 13.8. The molecule has 0 aliphatic carbocycles. The lowest BCUT2D eigenvalue weighted by molar-refractivity contribution is 0.0983. The van der Waals surface area contributed by atoms with Gasteiger partial charge in [0.05, 0.1) is 27.9 Å². The van der Waals surface area contributed by atoms with Crippen molar-refractivity contribution in [3.8, 4) is 0 Å². The number of anilines is 1. The van der Waals surface area contributed by atoms with E-state index < -0.39 is 10.0 Å². The third kappa shape index (κ3) is 6.17. The number of carbonyl (C=O) groups excluding carboxylic acids is 1. The quantitative estimate of drug-likeness (QED) is 0.219. The third-order valence-electron chi connectivity index (χ3n) is 6.07. The van der Waals surface area contributed by atoms with Crippen LogP contribution < -0.4 is 4.90 Å². The van der Waals surface area contributed by atoms with Gasteiger partial charge in [0, 0.05) is 18.7 Å². The highest BCUT2D eigenvalue weighted by atomic mass is 32.2. The van der Waals surface area contributed by atoms with Crippen LogP contribution in [0, 0.1) is 25.7 Å². The predicted molar refractivity (Wildman–Crippen MR) is 153 cm³/mol. The molecular weight excluding hydrogens is 518 g/mol. The van der Waals surface area contributed by atoms with E-state index in [0.29, 0.717) is 29.5 Å². The molecule has 38 heavy (non-hydrogen) atoms. The van der Waals surface area contributed by atoms with Gasteiger partial charge < -0.3 is 4.42 Å². The first-order valence-corrected chi connectivity index (χ1v) is 15.0. The second-order valence-electron chi connectivity index (χ2n) is 10.5. The Morgan fingerprint density at radius 3 is 2.24 bits per heavy atom. The molecule has 0 saturated heterocycles. The van der Waals surface area contributed by atoms with Gasteiger partial charge in [-0.2, -0.15) is 4.31 Å². The van der Waals surface area contributed by atoms with Crippen LogP contribution in [0.2, 0.25) is 0 Å². The standard InChI is InChI=1S/C29H35N3O4S2/c1-19(2)16-31(17-20(3)4)38(34,35)25-11-9-23(10-12-25)28(33)32(18-24-8-7-13-36-24)29-30-27-22(6)14-21(5)15-26(27)37-29/h7-15,19-20H,16-18H2,1-6H3. The molecule has 0 atom stereocenters. The molecule has 0 unspecified atom stereocenters. The first kappa shape index (κ1) is 28.0. The molecule has 7 nitrogen and oxygen atoms in total. The van der Waals surface area contributed by atoms with E-state index >= 15 is 0 Å². The Kier molecular flexibility index (Phi) is 8.40. The molecule has 2 aromatic heterocycles. The highest BCUT2D eigenvalue weighted by molar-refractivity contribution is 7.89. The van der Waals surface area contributed by atoms with Crippen molar-refractivity contribution in [3.05, 3.63) is 77.2 Å². The molecule has 0 aliphatic rings. The first-order valence-electron chi connectivity index (χ1n) is 12.8. The molecule has 0 fully saturated rings. The van der Waals surface area contributed by atoms with Crippen molar-refractivity contribution in [2.45, 2.75) is 53.0 Å². The first-order chi connectivity index (χ1) is 18.0. The van der Waals surface area contributed by atoms with E-state index in [1.165, 1.54) is 27.8 Å². The van der Waals surface area contributed by atoms with E-state index in [0.717, 1.165) is 21.3 Å². The molecule has 0 bridgehead atoms. The van der Waals surface area contributed by atoms with Crippen molar-refractivity contribution in [1.82, 2.24) is 9.29 Å². The summed E-state index contributed by atoms with van der Waals surface area (Å²) < 4.78 is 34.9. The van der Waals surface area contributed by atoms with Gasteiger partial charge in [-0.3, -0.25) is 9.69 Å². The van der Waals surface area contributed by atoms with Crippen LogP contribution in [0.4, 0.5) is 5.13 Å². The predicted octanol–water partition coefficient (Wildman–Crippen LogP) is 6.66. The second kappa shape index (κ2) is 11.4. The van der Waals surface area contributed by atoms with Gasteiger partial charge in [0.1, 0.15) is 5.76 Å². The van der Waals surface area contributed by atoms with Crippen LogP contribution in [-0.2, 0) is 16.6 Å². The Morgan fingerprint density at radius 2 is 1.66 bits per heavy atom. The average Bonchev–Trinajstić information content (AvgIpc) is 3.51. The van der Waals surface area contributed by atoms with Crippen molar-refractivity contribution in [1.29, 1.82) is 0 Å². The van der Waals surface area contributed by atoms with Crippen molar-refractivity contribution < 1.29 is 17.6 Å². The number of rotatable bonds is 10. The lowest BCUT2D eigenvalue weighted by Gasteiger charge is -2.25. The van der Waals surface area contributed by atoms with E-state index in [2.05, 4.69) is 12.1 Å². The van der Waals surface area contributed by atoms with E-state index in [-0.39, 0.29) is 29.2 Å². The van der Waals surface area contributed by atoms with E-state index in [4.69, 9.17) is 9.40 Å².